The monoisotopic (exact) mass is 195 g/mol. The van der Waals surface area contributed by atoms with Gasteiger partial charge < -0.3 is 5.11 Å². The summed E-state index contributed by atoms with van der Waals surface area (Å²) in [5.41, 5.74) is 0.676. The predicted octanol–water partition coefficient (Wildman–Crippen LogP) is 1.84. The molecule has 1 unspecified atom stereocenters. The van der Waals surface area contributed by atoms with Crippen molar-refractivity contribution in [3.63, 3.8) is 0 Å². The zero-order valence-corrected chi connectivity index (χ0v) is 8.56. The van der Waals surface area contributed by atoms with E-state index in [2.05, 4.69) is 10.3 Å². The van der Waals surface area contributed by atoms with E-state index in [4.69, 9.17) is 0 Å². The van der Waals surface area contributed by atoms with Gasteiger partial charge in [-0.1, -0.05) is 24.5 Å². The first-order chi connectivity index (χ1) is 6.77. The van der Waals surface area contributed by atoms with E-state index in [9.17, 15) is 5.11 Å². The summed E-state index contributed by atoms with van der Waals surface area (Å²) in [6, 6.07) is 0.503. The normalized spacial score (nSPS) is 21.0. The van der Waals surface area contributed by atoms with Crippen LogP contribution < -0.4 is 0 Å². The molecule has 0 radical (unpaired) electrons. The van der Waals surface area contributed by atoms with E-state index in [0.717, 1.165) is 0 Å². The van der Waals surface area contributed by atoms with Crippen LogP contribution in [0, 0.1) is 0 Å². The molecule has 14 heavy (non-hydrogen) atoms. The lowest BCUT2D eigenvalue weighted by atomic mass is 9.96. The Morgan fingerprint density at radius 3 is 2.71 bits per heavy atom. The van der Waals surface area contributed by atoms with Crippen LogP contribution in [0.25, 0.3) is 0 Å². The van der Waals surface area contributed by atoms with Crippen molar-refractivity contribution in [1.29, 1.82) is 0 Å². The molecule has 1 saturated carbocycles. The number of hydrogen-bond acceptors (Lipinski definition) is 3. The number of aliphatic hydroxyl groups is 1. The van der Waals surface area contributed by atoms with Gasteiger partial charge in [-0.15, -0.1) is 5.10 Å². The average molecular weight is 195 g/mol. The maximum absolute atomic E-state index is 9.32. The second kappa shape index (κ2) is 4.09. The molecule has 0 bridgehead atoms. The highest BCUT2D eigenvalue weighted by atomic mass is 16.3. The lowest BCUT2D eigenvalue weighted by molar-refractivity contribution is 0.194. The minimum atomic E-state index is -0.507. The van der Waals surface area contributed by atoms with E-state index in [0.29, 0.717) is 11.7 Å². The van der Waals surface area contributed by atoms with E-state index in [1.165, 1.54) is 32.1 Å². The van der Waals surface area contributed by atoms with Crippen LogP contribution in [0.2, 0.25) is 0 Å². The molecule has 1 aromatic rings. The summed E-state index contributed by atoms with van der Waals surface area (Å²) < 4.78 is 1.92. The van der Waals surface area contributed by atoms with Crippen molar-refractivity contribution >= 4 is 0 Å². The Morgan fingerprint density at radius 1 is 1.43 bits per heavy atom. The van der Waals surface area contributed by atoms with Gasteiger partial charge in [0.25, 0.3) is 0 Å². The summed E-state index contributed by atoms with van der Waals surface area (Å²) in [5.74, 6) is 0. The zero-order valence-electron chi connectivity index (χ0n) is 8.56. The Morgan fingerprint density at radius 2 is 2.14 bits per heavy atom. The van der Waals surface area contributed by atoms with E-state index in [-0.39, 0.29) is 0 Å². The predicted molar refractivity (Wildman–Crippen MR) is 52.8 cm³/mol. The molecule has 1 aromatic heterocycles. The Balaban J connectivity index is 2.07. The number of aliphatic hydroxyl groups excluding tert-OH is 1. The maximum atomic E-state index is 9.32. The van der Waals surface area contributed by atoms with Crippen molar-refractivity contribution in [3.05, 3.63) is 11.9 Å². The van der Waals surface area contributed by atoms with Crippen molar-refractivity contribution in [2.45, 2.75) is 51.2 Å². The number of rotatable bonds is 2. The van der Waals surface area contributed by atoms with Crippen LogP contribution in [0.3, 0.4) is 0 Å². The second-order valence-corrected chi connectivity index (χ2v) is 4.09. The molecule has 0 spiro atoms. The largest absolute Gasteiger partial charge is 0.387 e. The van der Waals surface area contributed by atoms with Crippen LogP contribution in [-0.4, -0.2) is 20.1 Å². The quantitative estimate of drug-likeness (QED) is 0.783. The van der Waals surface area contributed by atoms with Gasteiger partial charge in [-0.3, -0.25) is 0 Å². The summed E-state index contributed by atoms with van der Waals surface area (Å²) in [4.78, 5) is 0. The smallest absolute Gasteiger partial charge is 0.111 e. The lowest BCUT2D eigenvalue weighted by Crippen LogP contribution is -2.13. The molecule has 0 aromatic carbocycles. The van der Waals surface area contributed by atoms with Crippen LogP contribution in [0.15, 0.2) is 6.20 Å². The molecule has 4 heteroatoms. The zero-order chi connectivity index (χ0) is 9.97. The van der Waals surface area contributed by atoms with Gasteiger partial charge in [0.15, 0.2) is 0 Å². The Labute approximate surface area is 83.9 Å². The highest BCUT2D eigenvalue weighted by molar-refractivity contribution is 4.96. The molecule has 0 saturated heterocycles. The van der Waals surface area contributed by atoms with Gasteiger partial charge in [0, 0.05) is 0 Å². The molecule has 1 heterocycles. The van der Waals surface area contributed by atoms with E-state index in [1.807, 2.05) is 10.9 Å². The fourth-order valence-corrected chi connectivity index (χ4v) is 2.01. The van der Waals surface area contributed by atoms with Gasteiger partial charge in [0.05, 0.1) is 18.3 Å². The molecule has 1 fully saturated rings. The van der Waals surface area contributed by atoms with Crippen LogP contribution in [-0.2, 0) is 0 Å². The highest BCUT2D eigenvalue weighted by Gasteiger charge is 2.17. The molecule has 0 amide bonds. The fourth-order valence-electron chi connectivity index (χ4n) is 2.01. The first-order valence-corrected chi connectivity index (χ1v) is 5.37. The van der Waals surface area contributed by atoms with Gasteiger partial charge >= 0.3 is 0 Å². The standard InChI is InChI=1S/C10H17N3O/c1-8(14)10-7-13(12-11-10)9-5-3-2-4-6-9/h7-9,14H,2-6H2,1H3. The van der Waals surface area contributed by atoms with Gasteiger partial charge in [0.1, 0.15) is 5.69 Å². The van der Waals surface area contributed by atoms with Crippen LogP contribution in [0.1, 0.15) is 56.9 Å². The second-order valence-electron chi connectivity index (χ2n) is 4.09. The van der Waals surface area contributed by atoms with E-state index < -0.39 is 6.10 Å². The SMILES string of the molecule is CC(O)c1cn(C2CCCCC2)nn1. The van der Waals surface area contributed by atoms with Crippen molar-refractivity contribution in [3.8, 4) is 0 Å². The summed E-state index contributed by atoms with van der Waals surface area (Å²) >= 11 is 0. The van der Waals surface area contributed by atoms with Crippen molar-refractivity contribution in [1.82, 2.24) is 15.0 Å². The summed E-state index contributed by atoms with van der Waals surface area (Å²) in [5, 5.41) is 17.3. The van der Waals surface area contributed by atoms with Gasteiger partial charge in [0.2, 0.25) is 0 Å². The molecule has 0 aliphatic heterocycles. The molecular weight excluding hydrogens is 178 g/mol. The van der Waals surface area contributed by atoms with E-state index in [1.54, 1.807) is 6.92 Å². The average Bonchev–Trinajstić information content (AvgIpc) is 2.68. The third-order valence-electron chi connectivity index (χ3n) is 2.90. The van der Waals surface area contributed by atoms with Crippen LogP contribution in [0.5, 0.6) is 0 Å². The fraction of sp³-hybridized carbons (Fsp3) is 0.800. The maximum Gasteiger partial charge on any atom is 0.111 e. The summed E-state index contributed by atoms with van der Waals surface area (Å²) in [7, 11) is 0. The lowest BCUT2D eigenvalue weighted by Gasteiger charge is -2.20. The first-order valence-electron chi connectivity index (χ1n) is 5.37. The Hall–Kier alpha value is -0.900. The molecular formula is C10H17N3O. The minimum Gasteiger partial charge on any atom is -0.387 e. The summed E-state index contributed by atoms with van der Waals surface area (Å²) in [6.07, 6.45) is 7.68. The molecule has 1 atom stereocenters. The third-order valence-corrected chi connectivity index (χ3v) is 2.90. The minimum absolute atomic E-state index is 0.503. The molecule has 1 N–H and O–H groups in total. The topological polar surface area (TPSA) is 50.9 Å². The molecule has 1 aliphatic rings. The Bertz CT molecular complexity index is 289. The van der Waals surface area contributed by atoms with Gasteiger partial charge in [-0.05, 0) is 19.8 Å². The molecule has 4 nitrogen and oxygen atoms in total. The van der Waals surface area contributed by atoms with Crippen LogP contribution >= 0.6 is 0 Å². The third kappa shape index (κ3) is 1.95. The van der Waals surface area contributed by atoms with E-state index >= 15 is 0 Å². The number of nitrogens with zero attached hydrogens (tertiary/aromatic N) is 3. The molecule has 2 rings (SSSR count). The van der Waals surface area contributed by atoms with Crippen molar-refractivity contribution in [2.75, 3.05) is 0 Å². The van der Waals surface area contributed by atoms with Gasteiger partial charge in [-0.25, -0.2) is 4.68 Å². The number of hydrogen-bond donors (Lipinski definition) is 1. The molecule has 78 valence electrons. The van der Waals surface area contributed by atoms with Crippen LogP contribution in [0.4, 0.5) is 0 Å². The summed E-state index contributed by atoms with van der Waals surface area (Å²) in [6.45, 7) is 1.72. The highest BCUT2D eigenvalue weighted by Crippen LogP contribution is 2.27. The number of aromatic nitrogens is 3. The van der Waals surface area contributed by atoms with Crippen molar-refractivity contribution < 1.29 is 5.11 Å². The first kappa shape index (κ1) is 9.65. The van der Waals surface area contributed by atoms with Gasteiger partial charge in [-0.2, -0.15) is 0 Å². The van der Waals surface area contributed by atoms with Crippen molar-refractivity contribution in [2.24, 2.45) is 0 Å². The Kier molecular flexibility index (Phi) is 2.82. The molecule has 1 aliphatic carbocycles.